The number of nitro benzene ring substituents is 1. The molecular formula is C12H10N2O5. The molecule has 19 heavy (non-hydrogen) atoms. The van der Waals surface area contributed by atoms with E-state index in [1.165, 1.54) is 24.3 Å². The van der Waals surface area contributed by atoms with Crippen LogP contribution in [0.1, 0.15) is 18.6 Å². The zero-order chi connectivity index (χ0) is 14.0. The van der Waals surface area contributed by atoms with Crippen LogP contribution in [0, 0.1) is 21.4 Å². The van der Waals surface area contributed by atoms with Crippen LogP contribution in [0.3, 0.4) is 0 Å². The summed E-state index contributed by atoms with van der Waals surface area (Å²) in [6, 6.07) is 7.30. The summed E-state index contributed by atoms with van der Waals surface area (Å²) < 4.78 is 9.93. The number of carbonyl (C=O) groups is 1. The molecule has 1 heterocycles. The molecule has 0 aliphatic carbocycles. The van der Waals surface area contributed by atoms with Gasteiger partial charge in [0.25, 0.3) is 11.3 Å². The van der Waals surface area contributed by atoms with Crippen LogP contribution in [0.2, 0.25) is 0 Å². The van der Waals surface area contributed by atoms with Gasteiger partial charge in [-0.3, -0.25) is 10.1 Å². The van der Waals surface area contributed by atoms with Crippen LogP contribution in [0.4, 0.5) is 5.69 Å². The molecule has 7 heteroatoms. The standard InChI is InChI=1S/C12H10N2O5/c1-2-18-11(15)12(7-13)10(19-12)8-3-5-9(6-4-8)14(16)17/h3-6,10H,2H2,1H3. The van der Waals surface area contributed by atoms with Crippen molar-refractivity contribution in [3.8, 4) is 6.07 Å². The fraction of sp³-hybridized carbons (Fsp3) is 0.333. The Morgan fingerprint density at radius 2 is 2.21 bits per heavy atom. The first-order valence-corrected chi connectivity index (χ1v) is 5.55. The van der Waals surface area contributed by atoms with E-state index >= 15 is 0 Å². The SMILES string of the molecule is CCOC(=O)C1(C#N)OC1c1ccc([N+](=O)[O-])cc1. The van der Waals surface area contributed by atoms with Crippen molar-refractivity contribution in [2.24, 2.45) is 0 Å². The second-order valence-electron chi connectivity index (χ2n) is 3.91. The lowest BCUT2D eigenvalue weighted by atomic mass is 10.0. The number of nitriles is 1. The number of carbonyl (C=O) groups excluding carboxylic acids is 1. The number of hydrogen-bond donors (Lipinski definition) is 0. The van der Waals surface area contributed by atoms with Gasteiger partial charge in [0.15, 0.2) is 0 Å². The highest BCUT2D eigenvalue weighted by molar-refractivity contribution is 5.87. The molecule has 2 rings (SSSR count). The van der Waals surface area contributed by atoms with Crippen molar-refractivity contribution >= 4 is 11.7 Å². The third-order valence-electron chi connectivity index (χ3n) is 2.77. The number of esters is 1. The monoisotopic (exact) mass is 262 g/mol. The molecule has 2 unspecified atom stereocenters. The Hall–Kier alpha value is -2.46. The minimum absolute atomic E-state index is 0.0666. The number of ether oxygens (including phenoxy) is 2. The van der Waals surface area contributed by atoms with Gasteiger partial charge in [0.05, 0.1) is 11.5 Å². The van der Waals surface area contributed by atoms with E-state index in [1.807, 2.05) is 0 Å². The van der Waals surface area contributed by atoms with Gasteiger partial charge in [-0.1, -0.05) is 0 Å². The van der Waals surface area contributed by atoms with Crippen LogP contribution in [0.5, 0.6) is 0 Å². The highest BCUT2D eigenvalue weighted by atomic mass is 16.7. The number of nitrogens with zero attached hydrogens (tertiary/aromatic N) is 2. The Labute approximate surface area is 108 Å². The largest absolute Gasteiger partial charge is 0.463 e. The van der Waals surface area contributed by atoms with Crippen molar-refractivity contribution in [2.45, 2.75) is 18.6 Å². The second kappa shape index (κ2) is 4.66. The number of nitro groups is 1. The molecule has 1 aliphatic rings. The van der Waals surface area contributed by atoms with Gasteiger partial charge >= 0.3 is 5.97 Å². The molecule has 0 amide bonds. The van der Waals surface area contributed by atoms with Crippen molar-refractivity contribution in [1.82, 2.24) is 0 Å². The van der Waals surface area contributed by atoms with Crippen molar-refractivity contribution < 1.29 is 19.2 Å². The average Bonchev–Trinajstić information content (AvgIpc) is 3.15. The van der Waals surface area contributed by atoms with E-state index in [4.69, 9.17) is 14.7 Å². The number of benzene rings is 1. The third-order valence-corrected chi connectivity index (χ3v) is 2.77. The summed E-state index contributed by atoms with van der Waals surface area (Å²) in [4.78, 5) is 21.6. The summed E-state index contributed by atoms with van der Waals surface area (Å²) in [5, 5.41) is 19.6. The van der Waals surface area contributed by atoms with E-state index in [1.54, 1.807) is 13.0 Å². The molecule has 1 fully saturated rings. The number of hydrogen-bond acceptors (Lipinski definition) is 6. The normalized spacial score (nSPS) is 24.3. The Balaban J connectivity index is 2.19. The Morgan fingerprint density at radius 3 is 2.68 bits per heavy atom. The van der Waals surface area contributed by atoms with Gasteiger partial charge in [-0.15, -0.1) is 0 Å². The zero-order valence-electron chi connectivity index (χ0n) is 10.0. The van der Waals surface area contributed by atoms with Crippen molar-refractivity contribution in [1.29, 1.82) is 5.26 Å². The quantitative estimate of drug-likeness (QED) is 0.352. The summed E-state index contributed by atoms with van der Waals surface area (Å²) in [6.07, 6.45) is -0.739. The van der Waals surface area contributed by atoms with Crippen LogP contribution in [-0.4, -0.2) is 23.1 Å². The first-order chi connectivity index (χ1) is 9.05. The minimum atomic E-state index is -1.62. The van der Waals surface area contributed by atoms with E-state index in [9.17, 15) is 14.9 Å². The van der Waals surface area contributed by atoms with Crippen LogP contribution < -0.4 is 0 Å². The van der Waals surface area contributed by atoms with Gasteiger partial charge in [-0.2, -0.15) is 5.26 Å². The summed E-state index contributed by atoms with van der Waals surface area (Å²) >= 11 is 0. The number of non-ortho nitro benzene ring substituents is 1. The van der Waals surface area contributed by atoms with Gasteiger partial charge < -0.3 is 9.47 Å². The van der Waals surface area contributed by atoms with Gasteiger partial charge in [-0.25, -0.2) is 4.79 Å². The minimum Gasteiger partial charge on any atom is -0.463 e. The highest BCUT2D eigenvalue weighted by Crippen LogP contribution is 2.50. The molecule has 0 N–H and O–H groups in total. The van der Waals surface area contributed by atoms with Crippen LogP contribution in [0.15, 0.2) is 24.3 Å². The Bertz CT molecular complexity index is 562. The Kier molecular flexibility index (Phi) is 3.19. The maximum Gasteiger partial charge on any atom is 0.356 e. The van der Waals surface area contributed by atoms with Crippen LogP contribution in [0.25, 0.3) is 0 Å². The first kappa shape index (κ1) is 13.0. The molecule has 1 aliphatic heterocycles. The molecule has 1 aromatic rings. The van der Waals surface area contributed by atoms with Crippen LogP contribution in [-0.2, 0) is 14.3 Å². The summed E-state index contributed by atoms with van der Waals surface area (Å²) in [6.45, 7) is 1.78. The molecule has 0 saturated carbocycles. The lowest BCUT2D eigenvalue weighted by Gasteiger charge is -2.03. The zero-order valence-corrected chi connectivity index (χ0v) is 10.0. The fourth-order valence-corrected chi connectivity index (χ4v) is 1.75. The predicted octanol–water partition coefficient (Wildman–Crippen LogP) is 1.49. The molecule has 0 bridgehead atoms. The predicted molar refractivity (Wildman–Crippen MR) is 61.9 cm³/mol. The van der Waals surface area contributed by atoms with Crippen molar-refractivity contribution in [3.63, 3.8) is 0 Å². The maximum atomic E-state index is 11.6. The number of epoxide rings is 1. The molecule has 1 aromatic carbocycles. The summed E-state index contributed by atoms with van der Waals surface area (Å²) in [5.74, 6) is -0.735. The molecule has 2 atom stereocenters. The molecule has 0 radical (unpaired) electrons. The van der Waals surface area contributed by atoms with Crippen molar-refractivity contribution in [2.75, 3.05) is 6.61 Å². The number of rotatable bonds is 4. The average molecular weight is 262 g/mol. The summed E-state index contributed by atoms with van der Waals surface area (Å²) in [7, 11) is 0. The van der Waals surface area contributed by atoms with E-state index < -0.39 is 22.6 Å². The van der Waals surface area contributed by atoms with E-state index in [-0.39, 0.29) is 12.3 Å². The molecule has 98 valence electrons. The van der Waals surface area contributed by atoms with Gasteiger partial charge in [0, 0.05) is 12.1 Å². The van der Waals surface area contributed by atoms with Crippen LogP contribution >= 0.6 is 0 Å². The smallest absolute Gasteiger partial charge is 0.356 e. The third kappa shape index (κ3) is 2.13. The van der Waals surface area contributed by atoms with E-state index in [0.717, 1.165) is 0 Å². The topological polar surface area (TPSA) is 106 Å². The molecule has 0 aromatic heterocycles. The lowest BCUT2D eigenvalue weighted by Crippen LogP contribution is -2.26. The molecule has 0 spiro atoms. The van der Waals surface area contributed by atoms with Gasteiger partial charge in [0.1, 0.15) is 12.2 Å². The van der Waals surface area contributed by atoms with Crippen molar-refractivity contribution in [3.05, 3.63) is 39.9 Å². The Morgan fingerprint density at radius 1 is 1.58 bits per heavy atom. The molecular weight excluding hydrogens is 252 g/mol. The first-order valence-electron chi connectivity index (χ1n) is 5.55. The molecule has 7 nitrogen and oxygen atoms in total. The maximum absolute atomic E-state index is 11.6. The van der Waals surface area contributed by atoms with E-state index in [0.29, 0.717) is 5.56 Å². The second-order valence-corrected chi connectivity index (χ2v) is 3.91. The van der Waals surface area contributed by atoms with Gasteiger partial charge in [0.2, 0.25) is 0 Å². The fourth-order valence-electron chi connectivity index (χ4n) is 1.75. The van der Waals surface area contributed by atoms with Gasteiger partial charge in [-0.05, 0) is 24.6 Å². The summed E-state index contributed by atoms with van der Waals surface area (Å²) in [5.41, 5.74) is -1.16. The van der Waals surface area contributed by atoms with E-state index in [2.05, 4.69) is 0 Å². The highest BCUT2D eigenvalue weighted by Gasteiger charge is 2.66. The lowest BCUT2D eigenvalue weighted by molar-refractivity contribution is -0.384. The molecule has 1 saturated heterocycles.